The summed E-state index contributed by atoms with van der Waals surface area (Å²) in [5, 5.41) is 0. The van der Waals surface area contributed by atoms with E-state index in [0.717, 1.165) is 11.1 Å². The van der Waals surface area contributed by atoms with E-state index in [4.69, 9.17) is 0 Å². The predicted octanol–water partition coefficient (Wildman–Crippen LogP) is 8.80. The van der Waals surface area contributed by atoms with E-state index in [0.29, 0.717) is 0 Å². The van der Waals surface area contributed by atoms with E-state index < -0.39 is 14.0 Å². The first-order chi connectivity index (χ1) is 11.0. The van der Waals surface area contributed by atoms with Crippen molar-refractivity contribution in [3.05, 3.63) is 71.8 Å². The molecule has 0 radical (unpaired) electrons. The van der Waals surface area contributed by atoms with E-state index in [1.54, 1.807) is 0 Å². The van der Waals surface area contributed by atoms with E-state index in [1.165, 1.54) is 0 Å². The molecule has 0 N–H and O–H groups in total. The second-order valence-electron chi connectivity index (χ2n) is 5.43. The summed E-state index contributed by atoms with van der Waals surface area (Å²) in [6.07, 6.45) is 0. The highest BCUT2D eigenvalue weighted by Crippen LogP contribution is 2.69. The zero-order chi connectivity index (χ0) is 18.2. The van der Waals surface area contributed by atoms with Crippen LogP contribution in [0.5, 0.6) is 0 Å². The molecule has 2 aromatic rings. The van der Waals surface area contributed by atoms with Gasteiger partial charge in [-0.05, 0) is 18.1 Å². The lowest BCUT2D eigenvalue weighted by molar-refractivity contribution is 0.611. The number of hydrogen-bond donors (Lipinski definition) is 0. The number of benzene rings is 2. The summed E-state index contributed by atoms with van der Waals surface area (Å²) >= 11 is 27.1. The van der Waals surface area contributed by atoms with E-state index >= 15 is 0 Å². The third-order valence-electron chi connectivity index (χ3n) is 3.72. The van der Waals surface area contributed by atoms with Crippen molar-refractivity contribution < 1.29 is 0 Å². The van der Waals surface area contributed by atoms with E-state index in [1.807, 2.05) is 43.3 Å². The van der Waals surface area contributed by atoms with Crippen LogP contribution in [0.2, 0.25) is 0 Å². The Morgan fingerprint density at radius 2 is 0.875 bits per heavy atom. The van der Waals surface area contributed by atoms with Crippen LogP contribution in [0.25, 0.3) is 0 Å². The third-order valence-corrected chi connectivity index (χ3v) is 16.9. The molecule has 0 aliphatic heterocycles. The van der Waals surface area contributed by atoms with Gasteiger partial charge in [-0.1, -0.05) is 172 Å². The van der Waals surface area contributed by atoms with Crippen LogP contribution in [0.1, 0.15) is 18.1 Å². The summed E-state index contributed by atoms with van der Waals surface area (Å²) in [4.78, 5) is 0. The van der Waals surface area contributed by atoms with Gasteiger partial charge in [0, 0.05) is 0 Å². The maximum absolute atomic E-state index is 4.06. The van der Waals surface area contributed by atoms with Crippen molar-refractivity contribution in [1.82, 2.24) is 0 Å². The smallest absolute Gasteiger partial charge is 0.0723 e. The van der Waals surface area contributed by atoms with Crippen LogP contribution >= 0.6 is 112 Å². The van der Waals surface area contributed by atoms with Gasteiger partial charge in [0.15, 0.2) is 0 Å². The molecule has 0 nitrogen and oxygen atoms in total. The molecule has 0 saturated carbocycles. The van der Waals surface area contributed by atoms with Gasteiger partial charge in [-0.15, -0.1) is 0 Å². The Morgan fingerprint density at radius 3 is 1.17 bits per heavy atom. The Bertz CT molecular complexity index is 636. The van der Waals surface area contributed by atoms with Crippen LogP contribution in [0, 0.1) is 0 Å². The Kier molecular flexibility index (Phi) is 7.40. The molecule has 7 heteroatoms. The van der Waals surface area contributed by atoms with Gasteiger partial charge in [0.1, 0.15) is 14.0 Å². The highest BCUT2D eigenvalue weighted by Gasteiger charge is 2.65. The monoisotopic (exact) mass is 770 g/mol. The summed E-state index contributed by atoms with van der Waals surface area (Å²) in [5.41, 5.74) is 2.22. The third kappa shape index (κ3) is 3.83. The standard InChI is InChI=1S/C17H13Br7/c1-14(18,19)16(21,22)17(23,24)15(20,12-8-4-2-5-9-12)13-10-6-3-7-11-13/h2-11H,1H3. The maximum Gasteiger partial charge on any atom is 0.132 e. The summed E-state index contributed by atoms with van der Waals surface area (Å²) in [6.45, 7) is 2.02. The lowest BCUT2D eigenvalue weighted by Crippen LogP contribution is -2.56. The van der Waals surface area contributed by atoms with Gasteiger partial charge in [-0.3, -0.25) is 0 Å². The molecule has 130 valence electrons. The molecule has 0 fully saturated rings. The molecule has 0 saturated heterocycles. The first-order valence-electron chi connectivity index (χ1n) is 6.89. The minimum absolute atomic E-state index is 0.470. The normalized spacial score (nSPS) is 13.8. The number of rotatable bonds is 5. The molecule has 0 atom stereocenters. The highest BCUT2D eigenvalue weighted by molar-refractivity contribution is 9.33. The molecule has 0 aliphatic carbocycles. The Hall–Kier alpha value is 1.80. The zero-order valence-corrected chi connectivity index (χ0v) is 23.5. The van der Waals surface area contributed by atoms with Crippen molar-refractivity contribution in [2.45, 2.75) is 20.9 Å². The van der Waals surface area contributed by atoms with Crippen LogP contribution in [-0.4, -0.2) is 9.70 Å². The number of halogens is 7. The molecule has 0 aromatic heterocycles. The van der Waals surface area contributed by atoms with E-state index in [2.05, 4.69) is 136 Å². The van der Waals surface area contributed by atoms with Gasteiger partial charge in [-0.25, -0.2) is 0 Å². The second-order valence-corrected chi connectivity index (χ2v) is 17.7. The lowest BCUT2D eigenvalue weighted by atomic mass is 9.86. The molecular formula is C17H13Br7. The first-order valence-corrected chi connectivity index (χ1v) is 12.4. The van der Waals surface area contributed by atoms with Crippen LogP contribution in [-0.2, 0) is 4.32 Å². The molecule has 0 spiro atoms. The summed E-state index contributed by atoms with van der Waals surface area (Å²) in [7, 11) is 0. The number of hydrogen-bond acceptors (Lipinski definition) is 0. The fourth-order valence-corrected chi connectivity index (χ4v) is 7.68. The fourth-order valence-electron chi connectivity index (χ4n) is 2.36. The minimum atomic E-state index is -0.676. The van der Waals surface area contributed by atoms with E-state index in [9.17, 15) is 0 Å². The van der Waals surface area contributed by atoms with Crippen molar-refractivity contribution in [3.63, 3.8) is 0 Å². The van der Waals surface area contributed by atoms with Crippen LogP contribution in [0.3, 0.4) is 0 Å². The van der Waals surface area contributed by atoms with Crippen molar-refractivity contribution >= 4 is 112 Å². The quantitative estimate of drug-likeness (QED) is 0.267. The predicted molar refractivity (Wildman–Crippen MR) is 130 cm³/mol. The molecule has 0 amide bonds. The van der Waals surface area contributed by atoms with Crippen molar-refractivity contribution in [2.24, 2.45) is 0 Å². The summed E-state index contributed by atoms with van der Waals surface area (Å²) in [6, 6.07) is 20.6. The maximum atomic E-state index is 4.06. The van der Waals surface area contributed by atoms with Crippen molar-refractivity contribution in [2.75, 3.05) is 0 Å². The summed E-state index contributed by atoms with van der Waals surface area (Å²) < 4.78 is -2.36. The van der Waals surface area contributed by atoms with Gasteiger partial charge in [0.05, 0.1) is 0 Å². The molecule has 24 heavy (non-hydrogen) atoms. The average molecular weight is 777 g/mol. The van der Waals surface area contributed by atoms with Gasteiger partial charge >= 0.3 is 0 Å². The Morgan fingerprint density at radius 1 is 0.542 bits per heavy atom. The minimum Gasteiger partial charge on any atom is -0.0723 e. The Labute approximate surface area is 201 Å². The molecule has 2 aromatic carbocycles. The highest BCUT2D eigenvalue weighted by atomic mass is 79.9. The molecule has 0 aliphatic rings. The van der Waals surface area contributed by atoms with Gasteiger partial charge in [0.2, 0.25) is 0 Å². The van der Waals surface area contributed by atoms with Gasteiger partial charge < -0.3 is 0 Å². The average Bonchev–Trinajstić information content (AvgIpc) is 2.54. The first kappa shape index (κ1) is 22.1. The SMILES string of the molecule is CC(Br)(Br)C(Br)(Br)C(Br)(Br)C(Br)(c1ccccc1)c1ccccc1. The molecule has 0 heterocycles. The van der Waals surface area contributed by atoms with Crippen molar-refractivity contribution in [3.8, 4) is 0 Å². The summed E-state index contributed by atoms with van der Waals surface area (Å²) in [5.74, 6) is 0. The number of alkyl halides is 7. The van der Waals surface area contributed by atoms with Crippen LogP contribution < -0.4 is 0 Å². The largest absolute Gasteiger partial charge is 0.132 e. The Balaban J connectivity index is 2.77. The fraction of sp³-hybridized carbons (Fsp3) is 0.294. The molecular weight excluding hydrogens is 764 g/mol. The molecule has 2 rings (SSSR count). The molecule has 0 bridgehead atoms. The molecule has 0 unspecified atom stereocenters. The van der Waals surface area contributed by atoms with Gasteiger partial charge in [-0.2, -0.15) is 0 Å². The zero-order valence-electron chi connectivity index (χ0n) is 12.4. The second kappa shape index (κ2) is 8.04. The van der Waals surface area contributed by atoms with Crippen LogP contribution in [0.4, 0.5) is 0 Å². The lowest BCUT2D eigenvalue weighted by Gasteiger charge is -2.50. The van der Waals surface area contributed by atoms with Crippen LogP contribution in [0.15, 0.2) is 60.7 Å². The van der Waals surface area contributed by atoms with Gasteiger partial charge in [0.25, 0.3) is 0 Å². The van der Waals surface area contributed by atoms with Crippen molar-refractivity contribution in [1.29, 1.82) is 0 Å². The van der Waals surface area contributed by atoms with E-state index in [-0.39, 0.29) is 0 Å². The topological polar surface area (TPSA) is 0 Å².